The first-order valence-electron chi connectivity index (χ1n) is 8.15. The lowest BCUT2D eigenvalue weighted by Gasteiger charge is -2.43. The predicted molar refractivity (Wildman–Crippen MR) is 78.9 cm³/mol. The second kappa shape index (κ2) is 6.38. The molecule has 1 heterocycles. The Balaban J connectivity index is 1.80. The number of piperazine rings is 1. The van der Waals surface area contributed by atoms with E-state index in [1.165, 1.54) is 64.7 Å². The van der Waals surface area contributed by atoms with Crippen LogP contribution in [0, 0.1) is 11.8 Å². The smallest absolute Gasteiger partial charge is 0.0309 e. The van der Waals surface area contributed by atoms with Crippen LogP contribution in [-0.4, -0.2) is 36.6 Å². The molecular weight excluding hydrogens is 220 g/mol. The maximum absolute atomic E-state index is 3.78. The lowest BCUT2D eigenvalue weighted by Crippen LogP contribution is -2.60. The van der Waals surface area contributed by atoms with Gasteiger partial charge in [-0.05, 0) is 38.0 Å². The van der Waals surface area contributed by atoms with Gasteiger partial charge in [-0.25, -0.2) is 0 Å². The van der Waals surface area contributed by atoms with Crippen molar-refractivity contribution in [3.8, 4) is 0 Å². The minimum atomic E-state index is 0.418. The molecule has 1 aliphatic heterocycles. The molecule has 2 fully saturated rings. The van der Waals surface area contributed by atoms with Crippen LogP contribution >= 0.6 is 0 Å². The van der Waals surface area contributed by atoms with Gasteiger partial charge in [-0.2, -0.15) is 0 Å². The van der Waals surface area contributed by atoms with Crippen LogP contribution in [0.3, 0.4) is 0 Å². The molecule has 0 spiro atoms. The number of hydrogen-bond acceptors (Lipinski definition) is 2. The number of nitrogens with zero attached hydrogens (tertiary/aromatic N) is 1. The summed E-state index contributed by atoms with van der Waals surface area (Å²) in [5, 5.41) is 3.78. The van der Waals surface area contributed by atoms with E-state index in [4.69, 9.17) is 0 Å². The summed E-state index contributed by atoms with van der Waals surface area (Å²) in [6, 6.07) is 0. The van der Waals surface area contributed by atoms with Crippen LogP contribution in [0.1, 0.15) is 59.3 Å². The lowest BCUT2D eigenvalue weighted by molar-refractivity contribution is 0.108. The van der Waals surface area contributed by atoms with E-state index >= 15 is 0 Å². The highest BCUT2D eigenvalue weighted by Crippen LogP contribution is 2.40. The van der Waals surface area contributed by atoms with Crippen molar-refractivity contribution in [1.82, 2.24) is 10.2 Å². The van der Waals surface area contributed by atoms with Gasteiger partial charge in [0.05, 0.1) is 0 Å². The Morgan fingerprint density at radius 2 is 2.11 bits per heavy atom. The molecule has 0 aromatic heterocycles. The van der Waals surface area contributed by atoms with Crippen LogP contribution in [0.5, 0.6) is 0 Å². The standard InChI is InChI=1S/C16H32N2/c1-4-6-7-14(5-2)12-18-11-10-17-16(3,13-18)15-8-9-15/h14-15,17H,4-13H2,1-3H3. The molecule has 0 aromatic rings. The van der Waals surface area contributed by atoms with Gasteiger partial charge in [-0.1, -0.05) is 33.1 Å². The maximum Gasteiger partial charge on any atom is 0.0309 e. The summed E-state index contributed by atoms with van der Waals surface area (Å²) in [4.78, 5) is 2.73. The third-order valence-corrected chi connectivity index (χ3v) is 5.05. The van der Waals surface area contributed by atoms with Gasteiger partial charge in [0.1, 0.15) is 0 Å². The van der Waals surface area contributed by atoms with Crippen LogP contribution in [-0.2, 0) is 0 Å². The highest BCUT2D eigenvalue weighted by Gasteiger charge is 2.43. The van der Waals surface area contributed by atoms with Crippen molar-refractivity contribution in [2.75, 3.05) is 26.2 Å². The largest absolute Gasteiger partial charge is 0.309 e. The highest BCUT2D eigenvalue weighted by molar-refractivity contribution is 5.02. The van der Waals surface area contributed by atoms with Crippen molar-refractivity contribution in [1.29, 1.82) is 0 Å². The molecule has 2 atom stereocenters. The fourth-order valence-corrected chi connectivity index (χ4v) is 3.53. The van der Waals surface area contributed by atoms with Gasteiger partial charge >= 0.3 is 0 Å². The molecule has 1 saturated carbocycles. The Morgan fingerprint density at radius 1 is 1.33 bits per heavy atom. The Kier molecular flexibility index (Phi) is 5.08. The zero-order valence-corrected chi connectivity index (χ0v) is 12.7. The minimum absolute atomic E-state index is 0.418. The predicted octanol–water partition coefficient (Wildman–Crippen LogP) is 3.28. The van der Waals surface area contributed by atoms with E-state index in [0.29, 0.717) is 5.54 Å². The summed E-state index contributed by atoms with van der Waals surface area (Å²) in [6.45, 7) is 12.2. The fraction of sp³-hybridized carbons (Fsp3) is 1.00. The summed E-state index contributed by atoms with van der Waals surface area (Å²) < 4.78 is 0. The molecule has 0 aromatic carbocycles. The molecule has 1 N–H and O–H groups in total. The monoisotopic (exact) mass is 252 g/mol. The molecule has 106 valence electrons. The Bertz CT molecular complexity index is 249. The number of rotatable bonds is 7. The molecule has 2 nitrogen and oxygen atoms in total. The van der Waals surface area contributed by atoms with E-state index in [9.17, 15) is 0 Å². The van der Waals surface area contributed by atoms with E-state index in [-0.39, 0.29) is 0 Å². The summed E-state index contributed by atoms with van der Waals surface area (Å²) in [5.41, 5.74) is 0.418. The van der Waals surface area contributed by atoms with Gasteiger partial charge < -0.3 is 5.32 Å². The molecule has 2 heteroatoms. The Morgan fingerprint density at radius 3 is 2.72 bits per heavy atom. The van der Waals surface area contributed by atoms with Crippen molar-refractivity contribution in [2.45, 2.75) is 64.8 Å². The third kappa shape index (κ3) is 3.71. The molecule has 2 rings (SSSR count). The number of nitrogens with one attached hydrogen (secondary N) is 1. The van der Waals surface area contributed by atoms with Crippen LogP contribution in [0.4, 0.5) is 0 Å². The van der Waals surface area contributed by atoms with E-state index in [0.717, 1.165) is 11.8 Å². The summed E-state index contributed by atoms with van der Waals surface area (Å²) in [6.07, 6.45) is 8.43. The number of hydrogen-bond donors (Lipinski definition) is 1. The van der Waals surface area contributed by atoms with Crippen molar-refractivity contribution in [2.24, 2.45) is 11.8 Å². The average Bonchev–Trinajstić information content (AvgIpc) is 3.19. The second-order valence-electron chi connectivity index (χ2n) is 6.77. The van der Waals surface area contributed by atoms with Crippen molar-refractivity contribution in [3.05, 3.63) is 0 Å². The third-order valence-electron chi connectivity index (χ3n) is 5.05. The van der Waals surface area contributed by atoms with Gasteiger partial charge in [0.25, 0.3) is 0 Å². The quantitative estimate of drug-likeness (QED) is 0.748. The maximum atomic E-state index is 3.78. The Hall–Kier alpha value is -0.0800. The number of unbranched alkanes of at least 4 members (excludes halogenated alkanes) is 1. The highest BCUT2D eigenvalue weighted by atomic mass is 15.2. The van der Waals surface area contributed by atoms with Gasteiger partial charge in [0, 0.05) is 31.7 Å². The summed E-state index contributed by atoms with van der Waals surface area (Å²) >= 11 is 0. The zero-order valence-electron chi connectivity index (χ0n) is 12.7. The van der Waals surface area contributed by atoms with Crippen LogP contribution < -0.4 is 5.32 Å². The van der Waals surface area contributed by atoms with E-state index in [1.54, 1.807) is 0 Å². The molecule has 1 aliphatic carbocycles. The molecular formula is C16H32N2. The molecule has 0 radical (unpaired) electrons. The molecule has 18 heavy (non-hydrogen) atoms. The first kappa shape index (κ1) is 14.3. The lowest BCUT2D eigenvalue weighted by atomic mass is 9.91. The van der Waals surface area contributed by atoms with E-state index in [1.807, 2.05) is 0 Å². The average molecular weight is 252 g/mol. The normalized spacial score (nSPS) is 31.5. The van der Waals surface area contributed by atoms with Gasteiger partial charge in [0.2, 0.25) is 0 Å². The van der Waals surface area contributed by atoms with Crippen LogP contribution in [0.2, 0.25) is 0 Å². The molecule has 0 amide bonds. The van der Waals surface area contributed by atoms with Gasteiger partial charge in [0.15, 0.2) is 0 Å². The fourth-order valence-electron chi connectivity index (χ4n) is 3.53. The zero-order chi connectivity index (χ0) is 13.0. The molecule has 2 aliphatic rings. The van der Waals surface area contributed by atoms with E-state index in [2.05, 4.69) is 31.0 Å². The van der Waals surface area contributed by atoms with Gasteiger partial charge in [-0.3, -0.25) is 4.90 Å². The van der Waals surface area contributed by atoms with Gasteiger partial charge in [-0.15, -0.1) is 0 Å². The summed E-state index contributed by atoms with van der Waals surface area (Å²) in [7, 11) is 0. The second-order valence-corrected chi connectivity index (χ2v) is 6.77. The summed E-state index contributed by atoms with van der Waals surface area (Å²) in [5.74, 6) is 1.88. The van der Waals surface area contributed by atoms with Crippen LogP contribution in [0.15, 0.2) is 0 Å². The molecule has 0 bridgehead atoms. The van der Waals surface area contributed by atoms with E-state index < -0.39 is 0 Å². The minimum Gasteiger partial charge on any atom is -0.309 e. The van der Waals surface area contributed by atoms with Crippen molar-refractivity contribution >= 4 is 0 Å². The topological polar surface area (TPSA) is 15.3 Å². The first-order valence-corrected chi connectivity index (χ1v) is 8.15. The van der Waals surface area contributed by atoms with Crippen LogP contribution in [0.25, 0.3) is 0 Å². The van der Waals surface area contributed by atoms with Crippen molar-refractivity contribution in [3.63, 3.8) is 0 Å². The first-order chi connectivity index (χ1) is 8.68. The SMILES string of the molecule is CCCCC(CC)CN1CCNC(C)(C2CC2)C1. The molecule has 1 saturated heterocycles. The van der Waals surface area contributed by atoms with Crippen molar-refractivity contribution < 1.29 is 0 Å². The molecule has 2 unspecified atom stereocenters. The Labute approximate surface area is 114 Å².